The largest absolute Gasteiger partial charge is 0.347 e. The zero-order chi connectivity index (χ0) is 13.1. The lowest BCUT2D eigenvalue weighted by atomic mass is 10.1. The number of rotatable bonds is 4. The van der Waals surface area contributed by atoms with E-state index in [0.29, 0.717) is 0 Å². The molecule has 0 N–H and O–H groups in total. The van der Waals surface area contributed by atoms with E-state index in [0.717, 1.165) is 19.4 Å². The highest BCUT2D eigenvalue weighted by Gasteiger charge is 2.05. The van der Waals surface area contributed by atoms with Gasteiger partial charge >= 0.3 is 0 Å². The van der Waals surface area contributed by atoms with Gasteiger partial charge in [0.2, 0.25) is 0 Å². The summed E-state index contributed by atoms with van der Waals surface area (Å²) in [5.74, 6) is 0. The van der Waals surface area contributed by atoms with Crippen molar-refractivity contribution in [2.45, 2.75) is 26.3 Å². The van der Waals surface area contributed by atoms with Crippen LogP contribution in [0.5, 0.6) is 0 Å². The van der Waals surface area contributed by atoms with Gasteiger partial charge in [-0.3, -0.25) is 4.98 Å². The van der Waals surface area contributed by atoms with E-state index in [9.17, 15) is 0 Å². The van der Waals surface area contributed by atoms with Crippen LogP contribution in [0.4, 0.5) is 0 Å². The summed E-state index contributed by atoms with van der Waals surface area (Å²) in [5.41, 5.74) is 4.15. The summed E-state index contributed by atoms with van der Waals surface area (Å²) in [6.45, 7) is 3.24. The molecule has 0 aliphatic carbocycles. The summed E-state index contributed by atoms with van der Waals surface area (Å²) in [6.07, 6.45) is 8.05. The fourth-order valence-electron chi connectivity index (χ4n) is 2.61. The summed E-state index contributed by atoms with van der Waals surface area (Å²) < 4.78 is 2.37. The SMILES string of the molecule is CCc1cccc2ccn(CCc3ccncc3)c12. The number of para-hydroxylation sites is 1. The first-order chi connectivity index (χ1) is 9.38. The summed E-state index contributed by atoms with van der Waals surface area (Å²) in [5, 5.41) is 1.34. The van der Waals surface area contributed by atoms with Crippen LogP contribution < -0.4 is 0 Å². The second kappa shape index (κ2) is 5.27. The van der Waals surface area contributed by atoms with Crippen LogP contribution >= 0.6 is 0 Å². The molecule has 2 heterocycles. The highest BCUT2D eigenvalue weighted by atomic mass is 14.9. The van der Waals surface area contributed by atoms with E-state index in [1.54, 1.807) is 0 Å². The molecule has 3 rings (SSSR count). The Morgan fingerprint density at radius 1 is 1.05 bits per heavy atom. The van der Waals surface area contributed by atoms with Crippen LogP contribution in [-0.2, 0) is 19.4 Å². The fourth-order valence-corrected chi connectivity index (χ4v) is 2.61. The van der Waals surface area contributed by atoms with Gasteiger partial charge in [-0.25, -0.2) is 0 Å². The Kier molecular flexibility index (Phi) is 3.32. The van der Waals surface area contributed by atoms with Crippen molar-refractivity contribution in [2.24, 2.45) is 0 Å². The predicted octanol–water partition coefficient (Wildman–Crippen LogP) is 3.84. The number of aromatic nitrogens is 2. The Morgan fingerprint density at radius 2 is 1.89 bits per heavy atom. The first-order valence-electron chi connectivity index (χ1n) is 6.84. The smallest absolute Gasteiger partial charge is 0.0512 e. The first-order valence-corrected chi connectivity index (χ1v) is 6.84. The number of nitrogens with zero attached hydrogens (tertiary/aromatic N) is 2. The molecule has 0 bridgehead atoms. The number of fused-ring (bicyclic) bond motifs is 1. The van der Waals surface area contributed by atoms with Gasteiger partial charge in [0, 0.05) is 25.1 Å². The molecular formula is C17H18N2. The molecule has 0 aliphatic heterocycles. The average Bonchev–Trinajstić information content (AvgIpc) is 2.89. The monoisotopic (exact) mass is 250 g/mol. The van der Waals surface area contributed by atoms with Crippen LogP contribution in [0.15, 0.2) is 55.0 Å². The minimum absolute atomic E-state index is 1.02. The van der Waals surface area contributed by atoms with Crippen LogP contribution in [0, 0.1) is 0 Å². The van der Waals surface area contributed by atoms with Gasteiger partial charge in [-0.15, -0.1) is 0 Å². The topological polar surface area (TPSA) is 17.8 Å². The third-order valence-electron chi connectivity index (χ3n) is 3.64. The molecule has 3 aromatic rings. The second-order valence-electron chi connectivity index (χ2n) is 4.82. The fraction of sp³-hybridized carbons (Fsp3) is 0.235. The third-order valence-corrected chi connectivity index (χ3v) is 3.64. The number of benzene rings is 1. The summed E-state index contributed by atoms with van der Waals surface area (Å²) in [4.78, 5) is 4.06. The number of hydrogen-bond donors (Lipinski definition) is 0. The molecular weight excluding hydrogens is 232 g/mol. The molecule has 0 unspecified atom stereocenters. The summed E-state index contributed by atoms with van der Waals surface area (Å²) in [7, 11) is 0. The average molecular weight is 250 g/mol. The first kappa shape index (κ1) is 12.0. The van der Waals surface area contributed by atoms with Crippen molar-refractivity contribution in [3.05, 3.63) is 66.1 Å². The second-order valence-corrected chi connectivity index (χ2v) is 4.82. The van der Waals surface area contributed by atoms with Crippen molar-refractivity contribution in [3.63, 3.8) is 0 Å². The van der Waals surface area contributed by atoms with Gasteiger partial charge in [-0.05, 0) is 47.6 Å². The maximum Gasteiger partial charge on any atom is 0.0512 e. The maximum absolute atomic E-state index is 4.06. The van der Waals surface area contributed by atoms with E-state index in [2.05, 4.69) is 59.1 Å². The summed E-state index contributed by atoms with van der Waals surface area (Å²) >= 11 is 0. The lowest BCUT2D eigenvalue weighted by molar-refractivity contribution is 0.719. The standard InChI is InChI=1S/C17H18N2/c1-2-15-4-3-5-16-9-13-19(17(15)16)12-8-14-6-10-18-11-7-14/h3-7,9-11,13H,2,8,12H2,1H3. The van der Waals surface area contributed by atoms with Gasteiger partial charge in [0.15, 0.2) is 0 Å². The minimum atomic E-state index is 1.02. The van der Waals surface area contributed by atoms with Gasteiger partial charge in [0.1, 0.15) is 0 Å². The molecule has 2 aromatic heterocycles. The van der Waals surface area contributed by atoms with E-state index in [-0.39, 0.29) is 0 Å². The van der Waals surface area contributed by atoms with E-state index in [1.807, 2.05) is 12.4 Å². The van der Waals surface area contributed by atoms with Gasteiger partial charge in [-0.1, -0.05) is 25.1 Å². The Morgan fingerprint density at radius 3 is 2.68 bits per heavy atom. The number of aryl methyl sites for hydroxylation is 3. The Labute approximate surface area is 113 Å². The zero-order valence-electron chi connectivity index (χ0n) is 11.2. The number of hydrogen-bond acceptors (Lipinski definition) is 1. The molecule has 0 atom stereocenters. The van der Waals surface area contributed by atoms with Crippen molar-refractivity contribution in [3.8, 4) is 0 Å². The molecule has 2 nitrogen and oxygen atoms in total. The van der Waals surface area contributed by atoms with Crippen LogP contribution in [0.25, 0.3) is 10.9 Å². The maximum atomic E-state index is 4.06. The minimum Gasteiger partial charge on any atom is -0.347 e. The van der Waals surface area contributed by atoms with Crippen molar-refractivity contribution >= 4 is 10.9 Å². The van der Waals surface area contributed by atoms with E-state index in [1.165, 1.54) is 22.0 Å². The molecule has 0 amide bonds. The van der Waals surface area contributed by atoms with Gasteiger partial charge < -0.3 is 4.57 Å². The van der Waals surface area contributed by atoms with Crippen molar-refractivity contribution < 1.29 is 0 Å². The van der Waals surface area contributed by atoms with Crippen LogP contribution in [0.3, 0.4) is 0 Å². The Balaban J connectivity index is 1.89. The van der Waals surface area contributed by atoms with Gasteiger partial charge in [0.25, 0.3) is 0 Å². The molecule has 2 heteroatoms. The Hall–Kier alpha value is -2.09. The molecule has 0 fully saturated rings. The van der Waals surface area contributed by atoms with Crippen LogP contribution in [0.1, 0.15) is 18.1 Å². The number of pyridine rings is 1. The summed E-state index contributed by atoms with van der Waals surface area (Å²) in [6, 6.07) is 13.0. The normalized spacial score (nSPS) is 11.0. The van der Waals surface area contributed by atoms with Crippen molar-refractivity contribution in [1.82, 2.24) is 9.55 Å². The molecule has 0 radical (unpaired) electrons. The molecule has 0 spiro atoms. The van der Waals surface area contributed by atoms with Gasteiger partial charge in [-0.2, -0.15) is 0 Å². The predicted molar refractivity (Wildman–Crippen MR) is 79.3 cm³/mol. The van der Waals surface area contributed by atoms with Crippen molar-refractivity contribution in [1.29, 1.82) is 0 Å². The van der Waals surface area contributed by atoms with E-state index in [4.69, 9.17) is 0 Å². The van der Waals surface area contributed by atoms with Crippen LogP contribution in [-0.4, -0.2) is 9.55 Å². The van der Waals surface area contributed by atoms with Gasteiger partial charge in [0.05, 0.1) is 5.52 Å². The Bertz CT molecular complexity index is 668. The van der Waals surface area contributed by atoms with E-state index < -0.39 is 0 Å². The van der Waals surface area contributed by atoms with Crippen LogP contribution in [0.2, 0.25) is 0 Å². The highest BCUT2D eigenvalue weighted by molar-refractivity contribution is 5.83. The molecule has 1 aromatic carbocycles. The van der Waals surface area contributed by atoms with E-state index >= 15 is 0 Å². The molecule has 96 valence electrons. The molecule has 19 heavy (non-hydrogen) atoms. The molecule has 0 aliphatic rings. The zero-order valence-corrected chi connectivity index (χ0v) is 11.2. The molecule has 0 saturated carbocycles. The quantitative estimate of drug-likeness (QED) is 0.688. The highest BCUT2D eigenvalue weighted by Crippen LogP contribution is 2.21. The lowest BCUT2D eigenvalue weighted by Crippen LogP contribution is -2.01. The third kappa shape index (κ3) is 2.39. The van der Waals surface area contributed by atoms with Crippen molar-refractivity contribution in [2.75, 3.05) is 0 Å². The lowest BCUT2D eigenvalue weighted by Gasteiger charge is -2.09. The molecule has 0 saturated heterocycles.